The Morgan fingerprint density at radius 1 is 0.527 bits per heavy atom. The van der Waals surface area contributed by atoms with Gasteiger partial charge in [0.15, 0.2) is 6.23 Å². The lowest BCUT2D eigenvalue weighted by molar-refractivity contribution is -0.288. The Balaban J connectivity index is 1.11. The van der Waals surface area contributed by atoms with Gasteiger partial charge < -0.3 is 38.0 Å². The summed E-state index contributed by atoms with van der Waals surface area (Å²) in [5.41, 5.74) is 9.60. The fourth-order valence-corrected chi connectivity index (χ4v) is 10.7. The van der Waals surface area contributed by atoms with Crippen molar-refractivity contribution in [2.45, 2.75) is 70.6 Å². The van der Waals surface area contributed by atoms with Gasteiger partial charge in [0.1, 0.15) is 36.8 Å². The van der Waals surface area contributed by atoms with E-state index < -0.39 is 30.6 Å². The van der Waals surface area contributed by atoms with Crippen molar-refractivity contribution in [3.05, 3.63) is 233 Å². The lowest BCUT2D eigenvalue weighted by Gasteiger charge is -2.47. The molecular weight excluding hydrogens is 927 g/mol. The van der Waals surface area contributed by atoms with Crippen LogP contribution in [0, 0.1) is 6.92 Å². The standard InChI is InChI=1S/C63H55N3O8/c1-40-28-30-47-49(32-40)64-56-52(47)54-55(62(68)65(2)61(54)67)53-48-31-29-46(70-35-42-20-10-4-11-21-42)33-50(48)66(57(53)56)63-60(73-38-45-26-16-7-17-27-45)59(72-37-44-24-14-6-15-25-44)58(71-36-43-22-12-5-13-23-43)51(74-63)39-69-34-41-18-8-3-9-19-41/h3-33,51,58-60,63-64H,34-39H2,1-2H3. The van der Waals surface area contributed by atoms with Gasteiger partial charge in [-0.15, -0.1) is 0 Å². The highest BCUT2D eigenvalue weighted by Crippen LogP contribution is 2.49. The second-order valence-electron chi connectivity index (χ2n) is 19.2. The van der Waals surface area contributed by atoms with Gasteiger partial charge in [0.2, 0.25) is 0 Å². The lowest BCUT2D eigenvalue weighted by atomic mass is 9.95. The van der Waals surface area contributed by atoms with Crippen molar-refractivity contribution in [2.24, 2.45) is 0 Å². The minimum Gasteiger partial charge on any atom is -0.489 e. The van der Waals surface area contributed by atoms with Crippen LogP contribution in [-0.2, 0) is 56.7 Å². The van der Waals surface area contributed by atoms with E-state index in [2.05, 4.69) is 15.6 Å². The van der Waals surface area contributed by atoms with Crippen molar-refractivity contribution in [3.8, 4) is 5.75 Å². The number of aryl methyl sites for hydroxylation is 1. The van der Waals surface area contributed by atoms with Crippen LogP contribution in [0.5, 0.6) is 5.75 Å². The number of hydrogen-bond acceptors (Lipinski definition) is 8. The molecule has 11 heteroatoms. The summed E-state index contributed by atoms with van der Waals surface area (Å²) in [5, 5.41) is 2.85. The lowest BCUT2D eigenvalue weighted by Crippen LogP contribution is -2.59. The third-order valence-electron chi connectivity index (χ3n) is 14.3. The maximum atomic E-state index is 14.8. The van der Waals surface area contributed by atoms with Gasteiger partial charge in [-0.1, -0.05) is 164 Å². The first-order chi connectivity index (χ1) is 36.4. The van der Waals surface area contributed by atoms with Crippen LogP contribution >= 0.6 is 0 Å². The highest BCUT2D eigenvalue weighted by atomic mass is 16.6. The number of fused-ring (bicyclic) bond motifs is 10. The average Bonchev–Trinajstić information content (AvgIpc) is 4.06. The summed E-state index contributed by atoms with van der Waals surface area (Å²) in [4.78, 5) is 34.3. The first-order valence-corrected chi connectivity index (χ1v) is 25.2. The zero-order chi connectivity index (χ0) is 50.1. The molecule has 10 aromatic rings. The molecule has 0 radical (unpaired) electrons. The average molecular weight is 982 g/mol. The topological polar surface area (TPSA) is 113 Å². The maximum absolute atomic E-state index is 14.8. The largest absolute Gasteiger partial charge is 0.489 e. The number of carbonyl (C=O) groups excluding carboxylic acids is 2. The number of benzene rings is 8. The number of hydrogen-bond donors (Lipinski definition) is 1. The van der Waals surface area contributed by atoms with Crippen molar-refractivity contribution in [1.82, 2.24) is 14.5 Å². The van der Waals surface area contributed by atoms with Gasteiger partial charge in [0, 0.05) is 40.2 Å². The Bertz CT molecular complexity index is 3620. The molecule has 0 bridgehead atoms. The van der Waals surface area contributed by atoms with E-state index in [1.54, 1.807) is 7.05 Å². The number of ether oxygens (including phenoxy) is 6. The quantitative estimate of drug-likeness (QED) is 0.0898. The molecule has 1 N–H and O–H groups in total. The van der Waals surface area contributed by atoms with Gasteiger partial charge in [0.05, 0.1) is 60.7 Å². The number of aromatic nitrogens is 2. The number of nitrogens with one attached hydrogen (secondary N) is 1. The molecule has 12 rings (SSSR count). The second kappa shape index (κ2) is 20.5. The van der Waals surface area contributed by atoms with Crippen LogP contribution in [0.2, 0.25) is 0 Å². The Hall–Kier alpha value is -7.90. The number of imide groups is 1. The second-order valence-corrected chi connectivity index (χ2v) is 19.2. The van der Waals surface area contributed by atoms with Gasteiger partial charge in [0.25, 0.3) is 11.8 Å². The number of carbonyl (C=O) groups is 2. The molecule has 5 atom stereocenters. The summed E-state index contributed by atoms with van der Waals surface area (Å²) in [5.74, 6) is -0.135. The van der Waals surface area contributed by atoms with Crippen LogP contribution in [0.4, 0.5) is 0 Å². The van der Waals surface area contributed by atoms with Gasteiger partial charge in [-0.3, -0.25) is 14.5 Å². The van der Waals surface area contributed by atoms with E-state index >= 15 is 0 Å². The fourth-order valence-electron chi connectivity index (χ4n) is 10.7. The molecule has 11 nitrogen and oxygen atoms in total. The number of amides is 2. The van der Waals surface area contributed by atoms with Crippen molar-refractivity contribution < 1.29 is 38.0 Å². The minimum atomic E-state index is -0.954. The van der Waals surface area contributed by atoms with E-state index in [4.69, 9.17) is 28.4 Å². The van der Waals surface area contributed by atoms with E-state index in [9.17, 15) is 9.59 Å². The monoisotopic (exact) mass is 981 g/mol. The molecule has 2 amide bonds. The summed E-state index contributed by atoms with van der Waals surface area (Å²) in [6, 6.07) is 62.4. The van der Waals surface area contributed by atoms with Crippen LogP contribution in [-0.4, -0.2) is 64.3 Å². The molecule has 2 aliphatic heterocycles. The predicted octanol–water partition coefficient (Wildman–Crippen LogP) is 12.4. The third kappa shape index (κ3) is 9.03. The van der Waals surface area contributed by atoms with Crippen LogP contribution in [0.15, 0.2) is 188 Å². The zero-order valence-corrected chi connectivity index (χ0v) is 41.2. The van der Waals surface area contributed by atoms with Crippen LogP contribution in [0.3, 0.4) is 0 Å². The normalized spacial score (nSPS) is 18.8. The highest BCUT2D eigenvalue weighted by Gasteiger charge is 2.51. The molecule has 2 aliphatic rings. The first-order valence-electron chi connectivity index (χ1n) is 25.2. The summed E-state index contributed by atoms with van der Waals surface area (Å²) in [6.45, 7) is 3.57. The molecule has 370 valence electrons. The van der Waals surface area contributed by atoms with E-state index in [0.29, 0.717) is 57.4 Å². The van der Waals surface area contributed by atoms with Gasteiger partial charge in [-0.05, 0) is 58.5 Å². The van der Waals surface area contributed by atoms with Gasteiger partial charge in [-0.2, -0.15) is 0 Å². The molecule has 4 heterocycles. The summed E-state index contributed by atoms with van der Waals surface area (Å²) >= 11 is 0. The summed E-state index contributed by atoms with van der Waals surface area (Å²) in [6.07, 6.45) is -4.00. The van der Waals surface area contributed by atoms with E-state index in [1.165, 1.54) is 4.90 Å². The van der Waals surface area contributed by atoms with Gasteiger partial charge >= 0.3 is 0 Å². The predicted molar refractivity (Wildman–Crippen MR) is 286 cm³/mol. The van der Waals surface area contributed by atoms with E-state index in [-0.39, 0.29) is 38.2 Å². The molecular formula is C63H55N3O8. The minimum absolute atomic E-state index is 0.137. The molecule has 5 unspecified atom stereocenters. The number of rotatable bonds is 17. The molecule has 8 aromatic carbocycles. The van der Waals surface area contributed by atoms with E-state index in [1.807, 2.05) is 189 Å². The van der Waals surface area contributed by atoms with Crippen LogP contribution in [0.25, 0.3) is 43.6 Å². The molecule has 2 aromatic heterocycles. The number of aromatic amines is 1. The Labute approximate surface area is 428 Å². The van der Waals surface area contributed by atoms with Crippen molar-refractivity contribution in [1.29, 1.82) is 0 Å². The van der Waals surface area contributed by atoms with E-state index in [0.717, 1.165) is 49.7 Å². The molecule has 74 heavy (non-hydrogen) atoms. The Morgan fingerprint density at radius 3 is 1.61 bits per heavy atom. The Kier molecular flexibility index (Phi) is 13.1. The smallest absolute Gasteiger partial charge is 0.262 e. The molecule has 0 saturated carbocycles. The van der Waals surface area contributed by atoms with Crippen LogP contribution < -0.4 is 4.74 Å². The highest BCUT2D eigenvalue weighted by molar-refractivity contribution is 6.39. The van der Waals surface area contributed by atoms with Crippen LogP contribution in [0.1, 0.15) is 60.3 Å². The Morgan fingerprint density at radius 2 is 1.03 bits per heavy atom. The number of H-pyrrole nitrogens is 1. The van der Waals surface area contributed by atoms with Crippen molar-refractivity contribution in [3.63, 3.8) is 0 Å². The SMILES string of the molecule is Cc1ccc2c(c1)[nH]c1c2c2c(c3c4ccc(OCc5ccccc5)cc4n(C4OC(COCc5ccccc5)C(OCc5ccccc5)C(OCc5ccccc5)C4OCc4ccccc4)c13)C(=O)N(C)C2=O. The molecule has 1 fully saturated rings. The molecule has 1 saturated heterocycles. The summed E-state index contributed by atoms with van der Waals surface area (Å²) < 4.78 is 44.7. The van der Waals surface area contributed by atoms with Crippen molar-refractivity contribution in [2.75, 3.05) is 13.7 Å². The van der Waals surface area contributed by atoms with Gasteiger partial charge in [-0.25, -0.2) is 0 Å². The third-order valence-corrected chi connectivity index (χ3v) is 14.3. The molecule has 0 spiro atoms. The first kappa shape index (κ1) is 47.1. The summed E-state index contributed by atoms with van der Waals surface area (Å²) in [7, 11) is 1.55. The van der Waals surface area contributed by atoms with Crippen molar-refractivity contribution >= 4 is 55.4 Å². The maximum Gasteiger partial charge on any atom is 0.262 e. The molecule has 0 aliphatic carbocycles. The fraction of sp³-hybridized carbons (Fsp3) is 0.206. The zero-order valence-electron chi connectivity index (χ0n) is 41.2. The number of nitrogens with zero attached hydrogens (tertiary/aromatic N) is 2.